The van der Waals surface area contributed by atoms with E-state index in [0.717, 1.165) is 0 Å². The first kappa shape index (κ1) is 10.7. The van der Waals surface area contributed by atoms with Crippen molar-refractivity contribution in [2.24, 2.45) is 0 Å². The van der Waals surface area contributed by atoms with Crippen LogP contribution in [0.25, 0.3) is 0 Å². The fraction of sp³-hybridized carbons (Fsp3) is 1.00. The van der Waals surface area contributed by atoms with Crippen LogP contribution in [0.3, 0.4) is 0 Å². The van der Waals surface area contributed by atoms with Crippen molar-refractivity contribution < 1.29 is 8.85 Å². The van der Waals surface area contributed by atoms with Gasteiger partial charge in [0.15, 0.2) is 0 Å². The molecule has 0 rings (SSSR count). The van der Waals surface area contributed by atoms with Gasteiger partial charge in [0.05, 0.1) is 0 Å². The van der Waals surface area contributed by atoms with E-state index in [9.17, 15) is 0 Å². The summed E-state index contributed by atoms with van der Waals surface area (Å²) in [5.74, 6) is 0. The van der Waals surface area contributed by atoms with Crippen molar-refractivity contribution in [3.05, 3.63) is 0 Å². The van der Waals surface area contributed by atoms with Gasteiger partial charge in [-0.3, -0.25) is 0 Å². The third-order valence-corrected chi connectivity index (χ3v) is 1.72. The van der Waals surface area contributed by atoms with Gasteiger partial charge >= 0.3 is 9.28 Å². The SMILES string of the molecule is CO[Si](C)OC.[Li]. The van der Waals surface area contributed by atoms with Gasteiger partial charge in [0.1, 0.15) is 0 Å². The van der Waals surface area contributed by atoms with Crippen molar-refractivity contribution >= 4 is 28.1 Å². The summed E-state index contributed by atoms with van der Waals surface area (Å²) in [4.78, 5) is 0. The van der Waals surface area contributed by atoms with Crippen molar-refractivity contribution in [3.63, 3.8) is 0 Å². The van der Waals surface area contributed by atoms with E-state index in [1.165, 1.54) is 0 Å². The Morgan fingerprint density at radius 1 is 1.14 bits per heavy atom. The first-order valence-electron chi connectivity index (χ1n) is 1.72. The van der Waals surface area contributed by atoms with E-state index in [-0.39, 0.29) is 18.9 Å². The van der Waals surface area contributed by atoms with Crippen molar-refractivity contribution in [3.8, 4) is 0 Å². The van der Waals surface area contributed by atoms with Gasteiger partial charge < -0.3 is 8.85 Å². The Balaban J connectivity index is 0. The molecule has 0 aromatic carbocycles. The van der Waals surface area contributed by atoms with Gasteiger partial charge in [-0.05, 0) is 6.55 Å². The van der Waals surface area contributed by atoms with Crippen molar-refractivity contribution in [1.82, 2.24) is 0 Å². The van der Waals surface area contributed by atoms with Crippen LogP contribution in [0.4, 0.5) is 0 Å². The summed E-state index contributed by atoms with van der Waals surface area (Å²) in [5, 5.41) is 0. The van der Waals surface area contributed by atoms with E-state index >= 15 is 0 Å². The molecule has 0 aliphatic rings. The molecule has 0 N–H and O–H groups in total. The van der Waals surface area contributed by atoms with Crippen LogP contribution in [0.5, 0.6) is 0 Å². The Morgan fingerprint density at radius 2 is 1.43 bits per heavy atom. The first-order chi connectivity index (χ1) is 2.81. The van der Waals surface area contributed by atoms with Crippen LogP contribution in [0.15, 0.2) is 0 Å². The van der Waals surface area contributed by atoms with Crippen LogP contribution in [-0.4, -0.2) is 42.4 Å². The Hall–Kier alpha value is 0.734. The van der Waals surface area contributed by atoms with E-state index in [2.05, 4.69) is 0 Å². The maximum Gasteiger partial charge on any atom is 0.380 e. The van der Waals surface area contributed by atoms with Crippen molar-refractivity contribution in [2.75, 3.05) is 14.2 Å². The maximum atomic E-state index is 4.78. The Morgan fingerprint density at radius 3 is 1.43 bits per heavy atom. The van der Waals surface area contributed by atoms with E-state index in [0.29, 0.717) is 0 Å². The van der Waals surface area contributed by atoms with Gasteiger partial charge in [-0.2, -0.15) is 0 Å². The van der Waals surface area contributed by atoms with Crippen LogP contribution < -0.4 is 0 Å². The fourth-order valence-corrected chi connectivity index (χ4v) is 0.250. The first-order valence-corrected chi connectivity index (χ1v) is 3.54. The molecule has 38 valence electrons. The number of hydrogen-bond donors (Lipinski definition) is 0. The van der Waals surface area contributed by atoms with Crippen molar-refractivity contribution in [1.29, 1.82) is 0 Å². The molecule has 0 aliphatic heterocycles. The summed E-state index contributed by atoms with van der Waals surface area (Å²) in [5.41, 5.74) is 0. The second kappa shape index (κ2) is 6.73. The quantitative estimate of drug-likeness (QED) is 0.469. The standard InChI is InChI=1S/C3H9O2Si.Li/c1-4-6(3)5-2;/h1-3H3;. The average molecular weight is 112 g/mol. The van der Waals surface area contributed by atoms with E-state index in [1.807, 2.05) is 6.55 Å². The monoisotopic (exact) mass is 112 g/mol. The molecule has 0 fully saturated rings. The summed E-state index contributed by atoms with van der Waals surface area (Å²) < 4.78 is 9.56. The second-order valence-electron chi connectivity index (χ2n) is 0.900. The van der Waals surface area contributed by atoms with E-state index < -0.39 is 9.28 Å². The van der Waals surface area contributed by atoms with Gasteiger partial charge in [0.2, 0.25) is 0 Å². The summed E-state index contributed by atoms with van der Waals surface area (Å²) in [6.07, 6.45) is 0. The van der Waals surface area contributed by atoms with Crippen LogP contribution in [0, 0.1) is 0 Å². The topological polar surface area (TPSA) is 18.5 Å². The summed E-state index contributed by atoms with van der Waals surface area (Å²) >= 11 is 0. The normalized spacial score (nSPS) is 8.57. The van der Waals surface area contributed by atoms with Crippen LogP contribution in [0.2, 0.25) is 6.55 Å². The Kier molecular flexibility index (Phi) is 10.3. The Bertz CT molecular complexity index is 32.1. The molecule has 0 spiro atoms. The second-order valence-corrected chi connectivity index (χ2v) is 2.70. The molecule has 0 unspecified atom stereocenters. The molecule has 0 atom stereocenters. The van der Waals surface area contributed by atoms with Crippen LogP contribution >= 0.6 is 0 Å². The third-order valence-electron chi connectivity index (χ3n) is 0.575. The molecular formula is C3H9LiO2Si. The molecule has 4 heteroatoms. The van der Waals surface area contributed by atoms with Gasteiger partial charge in [-0.25, -0.2) is 0 Å². The van der Waals surface area contributed by atoms with Crippen molar-refractivity contribution in [2.45, 2.75) is 6.55 Å². The smallest absolute Gasteiger partial charge is 0.380 e. The molecule has 0 bridgehead atoms. The van der Waals surface area contributed by atoms with E-state index in [4.69, 9.17) is 8.85 Å². The minimum atomic E-state index is -0.868. The molecule has 2 radical (unpaired) electrons. The molecule has 0 aliphatic carbocycles. The molecule has 2 nitrogen and oxygen atoms in total. The van der Waals surface area contributed by atoms with E-state index in [1.54, 1.807) is 14.2 Å². The fourth-order valence-electron chi connectivity index (χ4n) is 0.0833. The molecule has 0 aromatic rings. The molecule has 0 saturated heterocycles. The predicted molar refractivity (Wildman–Crippen MR) is 31.4 cm³/mol. The largest absolute Gasteiger partial charge is 0.397 e. The number of hydrogen-bond acceptors (Lipinski definition) is 2. The zero-order chi connectivity index (χ0) is 4.99. The molecular weight excluding hydrogens is 103 g/mol. The van der Waals surface area contributed by atoms with Gasteiger partial charge in [0.25, 0.3) is 0 Å². The molecule has 0 heterocycles. The molecule has 7 heavy (non-hydrogen) atoms. The summed E-state index contributed by atoms with van der Waals surface area (Å²) in [6, 6.07) is 0. The van der Waals surface area contributed by atoms with Crippen LogP contribution in [-0.2, 0) is 8.85 Å². The number of rotatable bonds is 2. The maximum absolute atomic E-state index is 4.78. The zero-order valence-corrected chi connectivity index (χ0v) is 6.32. The summed E-state index contributed by atoms with van der Waals surface area (Å²) in [7, 11) is 2.43. The van der Waals surface area contributed by atoms with Gasteiger partial charge in [-0.1, -0.05) is 0 Å². The third kappa shape index (κ3) is 6.73. The van der Waals surface area contributed by atoms with Gasteiger partial charge in [0, 0.05) is 33.1 Å². The minimum Gasteiger partial charge on any atom is -0.397 e. The van der Waals surface area contributed by atoms with Crippen LogP contribution in [0.1, 0.15) is 0 Å². The predicted octanol–water partition coefficient (Wildman–Crippen LogP) is 0.0164. The average Bonchev–Trinajstić information content (AvgIpc) is 1.65. The molecule has 0 amide bonds. The Labute approximate surface area is 58.2 Å². The zero-order valence-electron chi connectivity index (χ0n) is 5.32. The summed E-state index contributed by atoms with van der Waals surface area (Å²) in [6.45, 7) is 1.94. The molecule has 0 aromatic heterocycles. The van der Waals surface area contributed by atoms with Gasteiger partial charge in [-0.15, -0.1) is 0 Å². The molecule has 0 saturated carbocycles. The minimum absolute atomic E-state index is 0.